The maximum Gasteiger partial charge on any atom is 0.243 e. The first-order valence-electron chi connectivity index (χ1n) is 6.26. The zero-order chi connectivity index (χ0) is 14.2. The summed E-state index contributed by atoms with van der Waals surface area (Å²) in [5.74, 6) is 1.07. The van der Waals surface area contributed by atoms with Crippen molar-refractivity contribution in [2.24, 2.45) is 0 Å². The Balaban J connectivity index is 1.93. The van der Waals surface area contributed by atoms with Gasteiger partial charge >= 0.3 is 0 Å². The third-order valence-corrected chi connectivity index (χ3v) is 5.55. The van der Waals surface area contributed by atoms with Crippen LogP contribution in [0.4, 0.5) is 0 Å². The topological polar surface area (TPSA) is 55.2 Å². The second kappa shape index (κ2) is 5.20. The Morgan fingerprint density at radius 2 is 2.15 bits per heavy atom. The molecular weight excluding hydrogens is 298 g/mol. The average Bonchev–Trinajstić information content (AvgIpc) is 2.94. The number of hydrogen-bond donors (Lipinski definition) is 0. The molecule has 0 unspecified atom stereocenters. The van der Waals surface area contributed by atoms with Gasteiger partial charge in [0.05, 0.1) is 11.4 Å². The van der Waals surface area contributed by atoms with Crippen LogP contribution in [0.2, 0.25) is 0 Å². The van der Waals surface area contributed by atoms with E-state index < -0.39 is 10.0 Å². The van der Waals surface area contributed by atoms with E-state index in [4.69, 9.17) is 11.6 Å². The molecule has 7 heteroatoms. The van der Waals surface area contributed by atoms with Crippen molar-refractivity contribution in [2.45, 2.75) is 23.9 Å². The van der Waals surface area contributed by atoms with Crippen LogP contribution in [-0.2, 0) is 29.0 Å². The predicted octanol–water partition coefficient (Wildman–Crippen LogP) is 1.83. The first-order valence-corrected chi connectivity index (χ1v) is 8.24. The average molecular weight is 312 g/mol. The second-order valence-corrected chi connectivity index (χ2v) is 6.86. The SMILES string of the molecule is O=S(=O)(c1cccc(CCl)c1)N1CCn2ccnc2C1. The molecule has 1 aliphatic rings. The third kappa shape index (κ3) is 2.34. The lowest BCUT2D eigenvalue weighted by molar-refractivity contribution is 0.335. The summed E-state index contributed by atoms with van der Waals surface area (Å²) in [5, 5.41) is 0. The smallest absolute Gasteiger partial charge is 0.243 e. The molecule has 0 aliphatic carbocycles. The lowest BCUT2D eigenvalue weighted by atomic mass is 10.2. The Morgan fingerprint density at radius 1 is 1.30 bits per heavy atom. The summed E-state index contributed by atoms with van der Waals surface area (Å²) in [4.78, 5) is 4.47. The molecule has 2 heterocycles. The van der Waals surface area contributed by atoms with E-state index in [1.165, 1.54) is 4.31 Å². The minimum absolute atomic E-state index is 0.288. The number of imidazole rings is 1. The van der Waals surface area contributed by atoms with Gasteiger partial charge in [-0.05, 0) is 17.7 Å². The molecule has 1 aromatic carbocycles. The zero-order valence-corrected chi connectivity index (χ0v) is 12.3. The summed E-state index contributed by atoms with van der Waals surface area (Å²) in [7, 11) is -3.49. The number of rotatable bonds is 3. The second-order valence-electron chi connectivity index (χ2n) is 4.66. The Bertz CT molecular complexity index is 727. The van der Waals surface area contributed by atoms with Gasteiger partial charge in [0.15, 0.2) is 0 Å². The number of sulfonamides is 1. The van der Waals surface area contributed by atoms with Crippen LogP contribution in [0.25, 0.3) is 0 Å². The molecule has 2 aromatic rings. The zero-order valence-electron chi connectivity index (χ0n) is 10.7. The molecule has 0 saturated carbocycles. The maximum atomic E-state index is 12.6. The highest BCUT2D eigenvalue weighted by molar-refractivity contribution is 7.89. The van der Waals surface area contributed by atoms with E-state index in [0.29, 0.717) is 25.5 Å². The maximum absolute atomic E-state index is 12.6. The van der Waals surface area contributed by atoms with Crippen LogP contribution < -0.4 is 0 Å². The molecule has 0 amide bonds. The van der Waals surface area contributed by atoms with Crippen molar-refractivity contribution in [3.63, 3.8) is 0 Å². The van der Waals surface area contributed by atoms with Crippen LogP contribution in [0, 0.1) is 0 Å². The van der Waals surface area contributed by atoms with Crippen molar-refractivity contribution in [2.75, 3.05) is 6.54 Å². The van der Waals surface area contributed by atoms with E-state index in [1.54, 1.807) is 24.4 Å². The van der Waals surface area contributed by atoms with Gasteiger partial charge in [0, 0.05) is 31.4 Å². The van der Waals surface area contributed by atoms with Crippen molar-refractivity contribution >= 4 is 21.6 Å². The normalized spacial score (nSPS) is 16.1. The van der Waals surface area contributed by atoms with Crippen LogP contribution in [0.15, 0.2) is 41.6 Å². The summed E-state index contributed by atoms with van der Waals surface area (Å²) in [6.45, 7) is 1.39. The van der Waals surface area contributed by atoms with E-state index in [2.05, 4.69) is 4.98 Å². The lowest BCUT2D eigenvalue weighted by Gasteiger charge is -2.27. The first-order chi connectivity index (χ1) is 9.61. The summed E-state index contributed by atoms with van der Waals surface area (Å²) in [6.07, 6.45) is 3.56. The van der Waals surface area contributed by atoms with E-state index in [1.807, 2.05) is 16.8 Å². The van der Waals surface area contributed by atoms with Gasteiger partial charge in [0.1, 0.15) is 5.82 Å². The van der Waals surface area contributed by atoms with Crippen LogP contribution in [0.5, 0.6) is 0 Å². The first kappa shape index (κ1) is 13.6. The van der Waals surface area contributed by atoms with Gasteiger partial charge in [-0.2, -0.15) is 4.31 Å². The summed E-state index contributed by atoms with van der Waals surface area (Å²) in [5.41, 5.74) is 0.797. The molecule has 106 valence electrons. The highest BCUT2D eigenvalue weighted by Gasteiger charge is 2.28. The van der Waals surface area contributed by atoms with E-state index in [0.717, 1.165) is 11.4 Å². The fourth-order valence-electron chi connectivity index (χ4n) is 2.29. The van der Waals surface area contributed by atoms with Crippen molar-refractivity contribution in [1.29, 1.82) is 0 Å². The number of hydrogen-bond acceptors (Lipinski definition) is 3. The fourth-order valence-corrected chi connectivity index (χ4v) is 3.92. The molecule has 0 saturated heterocycles. The number of halogens is 1. The molecule has 0 radical (unpaired) electrons. The number of fused-ring (bicyclic) bond motifs is 1. The van der Waals surface area contributed by atoms with Gasteiger partial charge in [-0.3, -0.25) is 0 Å². The number of alkyl halides is 1. The molecule has 1 aromatic heterocycles. The molecule has 0 atom stereocenters. The molecule has 20 heavy (non-hydrogen) atoms. The van der Waals surface area contributed by atoms with Gasteiger partial charge in [-0.25, -0.2) is 13.4 Å². The monoisotopic (exact) mass is 311 g/mol. The van der Waals surface area contributed by atoms with Crippen molar-refractivity contribution in [1.82, 2.24) is 13.9 Å². The standard InChI is InChI=1S/C13H14ClN3O2S/c14-9-11-2-1-3-12(8-11)20(18,19)17-7-6-16-5-4-15-13(16)10-17/h1-5,8H,6-7,9-10H2. The number of aromatic nitrogens is 2. The molecule has 1 aliphatic heterocycles. The summed E-state index contributed by atoms with van der Waals surface area (Å²) < 4.78 is 28.7. The number of nitrogens with zero attached hydrogens (tertiary/aromatic N) is 3. The third-order valence-electron chi connectivity index (χ3n) is 3.40. The molecule has 0 spiro atoms. The lowest BCUT2D eigenvalue weighted by Crippen LogP contribution is -2.38. The minimum Gasteiger partial charge on any atom is -0.333 e. The van der Waals surface area contributed by atoms with Crippen LogP contribution in [0.3, 0.4) is 0 Å². The number of benzene rings is 1. The molecular formula is C13H14ClN3O2S. The van der Waals surface area contributed by atoms with Crippen LogP contribution in [0.1, 0.15) is 11.4 Å². The predicted molar refractivity (Wildman–Crippen MR) is 75.8 cm³/mol. The van der Waals surface area contributed by atoms with Gasteiger partial charge in [0.25, 0.3) is 0 Å². The largest absolute Gasteiger partial charge is 0.333 e. The van der Waals surface area contributed by atoms with Crippen molar-refractivity contribution < 1.29 is 8.42 Å². The highest BCUT2D eigenvalue weighted by atomic mass is 35.5. The molecule has 5 nitrogen and oxygen atoms in total. The van der Waals surface area contributed by atoms with E-state index in [-0.39, 0.29) is 4.90 Å². The summed E-state index contributed by atoms with van der Waals surface area (Å²) >= 11 is 5.77. The quantitative estimate of drug-likeness (QED) is 0.813. The molecule has 0 bridgehead atoms. The highest BCUT2D eigenvalue weighted by Crippen LogP contribution is 2.22. The Labute approximate surface area is 122 Å². The van der Waals surface area contributed by atoms with Gasteiger partial charge in [-0.15, -0.1) is 11.6 Å². The molecule has 3 rings (SSSR count). The molecule has 0 N–H and O–H groups in total. The Morgan fingerprint density at radius 3 is 2.95 bits per heavy atom. The van der Waals surface area contributed by atoms with Gasteiger partial charge in [-0.1, -0.05) is 12.1 Å². The van der Waals surface area contributed by atoms with E-state index in [9.17, 15) is 8.42 Å². The van der Waals surface area contributed by atoms with Gasteiger partial charge < -0.3 is 4.57 Å². The Hall–Kier alpha value is -1.37. The van der Waals surface area contributed by atoms with Crippen LogP contribution in [-0.4, -0.2) is 28.8 Å². The minimum atomic E-state index is -3.49. The van der Waals surface area contributed by atoms with E-state index >= 15 is 0 Å². The van der Waals surface area contributed by atoms with Gasteiger partial charge in [0.2, 0.25) is 10.0 Å². The summed E-state index contributed by atoms with van der Waals surface area (Å²) in [6, 6.07) is 6.76. The van der Waals surface area contributed by atoms with Crippen molar-refractivity contribution in [3.05, 3.63) is 48.0 Å². The fraction of sp³-hybridized carbons (Fsp3) is 0.308. The Kier molecular flexibility index (Phi) is 3.54. The van der Waals surface area contributed by atoms with Crippen LogP contribution >= 0.6 is 11.6 Å². The van der Waals surface area contributed by atoms with Crippen molar-refractivity contribution in [3.8, 4) is 0 Å². The molecule has 0 fully saturated rings.